The Bertz CT molecular complexity index is 1050. The number of halogens is 4. The van der Waals surface area contributed by atoms with Gasteiger partial charge in [0, 0.05) is 10.7 Å². The van der Waals surface area contributed by atoms with E-state index in [-0.39, 0.29) is 4.91 Å². The van der Waals surface area contributed by atoms with E-state index >= 15 is 0 Å². The number of hydrogen-bond acceptors (Lipinski definition) is 4. The van der Waals surface area contributed by atoms with Gasteiger partial charge in [0.15, 0.2) is 0 Å². The van der Waals surface area contributed by atoms with Crippen LogP contribution in [0.25, 0.3) is 6.08 Å². The average Bonchev–Trinajstić information content (AvgIpc) is 2.92. The molecule has 0 saturated carbocycles. The minimum Gasteiger partial charge on any atom is -0.324 e. The normalized spacial score (nSPS) is 15.8. The van der Waals surface area contributed by atoms with Crippen molar-refractivity contribution in [2.24, 2.45) is 0 Å². The molecule has 0 aromatic heterocycles. The van der Waals surface area contributed by atoms with Crippen molar-refractivity contribution < 1.29 is 27.6 Å². The van der Waals surface area contributed by atoms with E-state index in [1.807, 2.05) is 0 Å². The number of amides is 3. The Morgan fingerprint density at radius 2 is 1.83 bits per heavy atom. The Labute approximate surface area is 178 Å². The number of thioether (sulfide) groups is 1. The summed E-state index contributed by atoms with van der Waals surface area (Å²) >= 11 is 6.62. The van der Waals surface area contributed by atoms with Gasteiger partial charge in [0.2, 0.25) is 5.91 Å². The SMILES string of the molecule is Cc1ccc(NC(=O)CN2C(=O)S/C(=C/c3ccc(C(F)(F)F)cc3)C2=O)cc1Cl. The van der Waals surface area contributed by atoms with Gasteiger partial charge < -0.3 is 5.32 Å². The van der Waals surface area contributed by atoms with Crippen LogP contribution in [0.2, 0.25) is 5.02 Å². The van der Waals surface area contributed by atoms with Crippen LogP contribution < -0.4 is 5.32 Å². The third-order valence-electron chi connectivity index (χ3n) is 4.17. The first-order valence-corrected chi connectivity index (χ1v) is 9.72. The molecule has 3 amide bonds. The number of anilines is 1. The first kappa shape index (κ1) is 21.9. The van der Waals surface area contributed by atoms with Gasteiger partial charge in [0.1, 0.15) is 6.54 Å². The molecule has 1 fully saturated rings. The molecular weight excluding hydrogens is 441 g/mol. The van der Waals surface area contributed by atoms with E-state index in [4.69, 9.17) is 11.6 Å². The zero-order chi connectivity index (χ0) is 22.1. The van der Waals surface area contributed by atoms with E-state index in [2.05, 4.69) is 5.32 Å². The van der Waals surface area contributed by atoms with Crippen LogP contribution in [0, 0.1) is 6.92 Å². The van der Waals surface area contributed by atoms with Crippen LogP contribution >= 0.6 is 23.4 Å². The lowest BCUT2D eigenvalue weighted by molar-refractivity contribution is -0.137. The lowest BCUT2D eigenvalue weighted by Crippen LogP contribution is -2.36. The molecule has 0 aliphatic carbocycles. The maximum atomic E-state index is 12.6. The first-order valence-electron chi connectivity index (χ1n) is 8.53. The fourth-order valence-electron chi connectivity index (χ4n) is 2.57. The highest BCUT2D eigenvalue weighted by Gasteiger charge is 2.36. The molecule has 5 nitrogen and oxygen atoms in total. The Balaban J connectivity index is 1.68. The summed E-state index contributed by atoms with van der Waals surface area (Å²) in [7, 11) is 0. The third kappa shape index (κ3) is 5.03. The maximum absolute atomic E-state index is 12.6. The monoisotopic (exact) mass is 454 g/mol. The van der Waals surface area contributed by atoms with E-state index in [1.165, 1.54) is 18.2 Å². The number of alkyl halides is 3. The molecule has 10 heteroatoms. The molecule has 1 heterocycles. The van der Waals surface area contributed by atoms with Gasteiger partial charge in [-0.05, 0) is 60.2 Å². The second-order valence-electron chi connectivity index (χ2n) is 6.40. The lowest BCUT2D eigenvalue weighted by Gasteiger charge is -2.13. The summed E-state index contributed by atoms with van der Waals surface area (Å²) in [6, 6.07) is 9.07. The molecular formula is C20H14ClF3N2O3S. The molecule has 0 spiro atoms. The second kappa shape index (κ2) is 8.53. The molecule has 1 N–H and O–H groups in total. The largest absolute Gasteiger partial charge is 0.416 e. The summed E-state index contributed by atoms with van der Waals surface area (Å²) in [4.78, 5) is 37.6. The highest BCUT2D eigenvalue weighted by Crippen LogP contribution is 2.33. The van der Waals surface area contributed by atoms with Crippen LogP contribution in [0.5, 0.6) is 0 Å². The van der Waals surface area contributed by atoms with Crippen LogP contribution in [0.15, 0.2) is 47.4 Å². The molecule has 0 radical (unpaired) electrons. The lowest BCUT2D eigenvalue weighted by atomic mass is 10.1. The van der Waals surface area contributed by atoms with Gasteiger partial charge >= 0.3 is 6.18 Å². The molecule has 0 bridgehead atoms. The van der Waals surface area contributed by atoms with E-state index in [9.17, 15) is 27.6 Å². The predicted molar refractivity (Wildman–Crippen MR) is 109 cm³/mol. The van der Waals surface area contributed by atoms with Gasteiger partial charge in [-0.3, -0.25) is 19.3 Å². The van der Waals surface area contributed by atoms with Gasteiger partial charge in [-0.15, -0.1) is 0 Å². The maximum Gasteiger partial charge on any atom is 0.416 e. The van der Waals surface area contributed by atoms with Crippen molar-refractivity contribution in [1.82, 2.24) is 4.90 Å². The molecule has 2 aromatic carbocycles. The molecule has 0 atom stereocenters. The fourth-order valence-corrected chi connectivity index (χ4v) is 3.59. The highest BCUT2D eigenvalue weighted by atomic mass is 35.5. The Kier molecular flexibility index (Phi) is 6.23. The van der Waals surface area contributed by atoms with Crippen molar-refractivity contribution in [3.8, 4) is 0 Å². The number of carbonyl (C=O) groups is 3. The zero-order valence-corrected chi connectivity index (χ0v) is 17.0. The van der Waals surface area contributed by atoms with E-state index < -0.39 is 35.3 Å². The van der Waals surface area contributed by atoms with E-state index in [1.54, 1.807) is 25.1 Å². The van der Waals surface area contributed by atoms with Crippen molar-refractivity contribution >= 4 is 52.2 Å². The second-order valence-corrected chi connectivity index (χ2v) is 7.80. The van der Waals surface area contributed by atoms with E-state index in [0.717, 1.165) is 22.6 Å². The number of nitrogens with zero attached hydrogens (tertiary/aromatic N) is 1. The fraction of sp³-hybridized carbons (Fsp3) is 0.150. The summed E-state index contributed by atoms with van der Waals surface area (Å²) in [5, 5.41) is 2.37. The Morgan fingerprint density at radius 1 is 1.17 bits per heavy atom. The quantitative estimate of drug-likeness (QED) is 0.633. The molecule has 1 aliphatic rings. The number of hydrogen-bond donors (Lipinski definition) is 1. The highest BCUT2D eigenvalue weighted by molar-refractivity contribution is 8.18. The number of benzene rings is 2. The topological polar surface area (TPSA) is 66.5 Å². The van der Waals surface area contributed by atoms with Crippen molar-refractivity contribution in [1.29, 1.82) is 0 Å². The van der Waals surface area contributed by atoms with Gasteiger partial charge in [0.25, 0.3) is 11.1 Å². The zero-order valence-electron chi connectivity index (χ0n) is 15.4. The Morgan fingerprint density at radius 3 is 2.43 bits per heavy atom. The number of aryl methyl sites for hydroxylation is 1. The number of carbonyl (C=O) groups excluding carboxylic acids is 3. The minimum absolute atomic E-state index is 0.0194. The number of rotatable bonds is 4. The summed E-state index contributed by atoms with van der Waals surface area (Å²) in [5.74, 6) is -1.28. The van der Waals surface area contributed by atoms with Crippen LogP contribution in [0.4, 0.5) is 23.7 Å². The number of nitrogens with one attached hydrogen (secondary N) is 1. The van der Waals surface area contributed by atoms with E-state index in [0.29, 0.717) is 28.0 Å². The van der Waals surface area contributed by atoms with Crippen molar-refractivity contribution in [3.05, 3.63) is 69.1 Å². The summed E-state index contributed by atoms with van der Waals surface area (Å²) in [6.45, 7) is 1.30. The van der Waals surface area contributed by atoms with Gasteiger partial charge in [0.05, 0.1) is 10.5 Å². The van der Waals surface area contributed by atoms with Crippen LogP contribution in [0.3, 0.4) is 0 Å². The number of imide groups is 1. The molecule has 30 heavy (non-hydrogen) atoms. The van der Waals surface area contributed by atoms with Crippen molar-refractivity contribution in [3.63, 3.8) is 0 Å². The molecule has 1 aliphatic heterocycles. The summed E-state index contributed by atoms with van der Waals surface area (Å²) in [5.41, 5.74) is 0.754. The summed E-state index contributed by atoms with van der Waals surface area (Å²) in [6.07, 6.45) is -3.16. The standard InChI is InChI=1S/C20H14ClF3N2O3S/c1-11-2-7-14(9-15(11)21)25-17(27)10-26-18(28)16(30-19(26)29)8-12-3-5-13(6-4-12)20(22,23)24/h2-9H,10H2,1H3,(H,25,27)/b16-8+. The predicted octanol–water partition coefficient (Wildman–Crippen LogP) is 5.34. The molecule has 3 rings (SSSR count). The van der Waals surface area contributed by atoms with Gasteiger partial charge in [-0.1, -0.05) is 29.8 Å². The smallest absolute Gasteiger partial charge is 0.324 e. The molecule has 0 unspecified atom stereocenters. The molecule has 1 saturated heterocycles. The van der Waals surface area contributed by atoms with Crippen molar-refractivity contribution in [2.45, 2.75) is 13.1 Å². The van der Waals surface area contributed by atoms with Crippen molar-refractivity contribution in [2.75, 3.05) is 11.9 Å². The van der Waals surface area contributed by atoms with Crippen LogP contribution in [-0.4, -0.2) is 28.5 Å². The van der Waals surface area contributed by atoms with Crippen LogP contribution in [-0.2, 0) is 15.8 Å². The Hall–Kier alpha value is -2.78. The van der Waals surface area contributed by atoms with Gasteiger partial charge in [-0.25, -0.2) is 0 Å². The first-order chi connectivity index (χ1) is 14.0. The van der Waals surface area contributed by atoms with Gasteiger partial charge in [-0.2, -0.15) is 13.2 Å². The summed E-state index contributed by atoms with van der Waals surface area (Å²) < 4.78 is 37.9. The molecule has 156 valence electrons. The minimum atomic E-state index is -4.47. The molecule has 2 aromatic rings. The third-order valence-corrected chi connectivity index (χ3v) is 5.48. The van der Waals surface area contributed by atoms with Crippen LogP contribution in [0.1, 0.15) is 16.7 Å². The average molecular weight is 455 g/mol.